The Hall–Kier alpha value is -2.85. The normalized spacial score (nSPS) is 13.6. The van der Waals surface area contributed by atoms with E-state index in [0.717, 1.165) is 11.1 Å². The number of nitrogens with zero attached hydrogens (tertiary/aromatic N) is 1. The van der Waals surface area contributed by atoms with E-state index >= 15 is 0 Å². The Morgan fingerprint density at radius 3 is 2.17 bits per heavy atom. The maximum Gasteiger partial charge on any atom is 0.410 e. The quantitative estimate of drug-likeness (QED) is 0.492. The van der Waals surface area contributed by atoms with Crippen LogP contribution in [0, 0.1) is 0 Å². The second-order valence-corrected chi connectivity index (χ2v) is 8.64. The van der Waals surface area contributed by atoms with E-state index in [2.05, 4.69) is 42.5 Å². The number of carbonyl (C=O) groups is 1. The number of ether oxygens (including phenoxy) is 2. The van der Waals surface area contributed by atoms with Crippen molar-refractivity contribution in [2.24, 2.45) is 0 Å². The molecule has 0 aliphatic carbocycles. The highest BCUT2D eigenvalue weighted by molar-refractivity contribution is 5.83. The van der Waals surface area contributed by atoms with Crippen LogP contribution in [0.2, 0.25) is 0 Å². The summed E-state index contributed by atoms with van der Waals surface area (Å²) in [4.78, 5) is 14.3. The second-order valence-electron chi connectivity index (χ2n) is 8.64. The van der Waals surface area contributed by atoms with E-state index in [4.69, 9.17) is 9.47 Å². The van der Waals surface area contributed by atoms with Crippen LogP contribution in [-0.4, -0.2) is 37.3 Å². The molecule has 0 heterocycles. The van der Waals surface area contributed by atoms with E-state index in [1.54, 1.807) is 19.1 Å². The third kappa shape index (κ3) is 5.39. The molecule has 4 nitrogen and oxygen atoms in total. The number of fused-ring (bicyclic) bond motifs is 1. The Labute approximate surface area is 179 Å². The minimum atomic E-state index is -0.538. The predicted octanol–water partition coefficient (Wildman–Crippen LogP) is 6.18. The van der Waals surface area contributed by atoms with Gasteiger partial charge in [-0.15, -0.1) is 0 Å². The molecule has 30 heavy (non-hydrogen) atoms. The van der Waals surface area contributed by atoms with Crippen molar-refractivity contribution >= 4 is 16.9 Å². The minimum Gasteiger partial charge on any atom is -0.444 e. The lowest BCUT2D eigenvalue weighted by molar-refractivity contribution is 0.0210. The van der Waals surface area contributed by atoms with Crippen molar-refractivity contribution in [3.8, 4) is 0 Å². The van der Waals surface area contributed by atoms with Crippen molar-refractivity contribution in [3.63, 3.8) is 0 Å². The molecule has 3 aromatic carbocycles. The molecule has 0 fully saturated rings. The number of methoxy groups -OCH3 is 1. The molecule has 3 rings (SSSR count). The average Bonchev–Trinajstić information content (AvgIpc) is 2.72. The first kappa shape index (κ1) is 21.8. The minimum absolute atomic E-state index is 0.0560. The number of carbonyl (C=O) groups excluding carboxylic acids is 1. The van der Waals surface area contributed by atoms with Gasteiger partial charge in [-0.2, -0.15) is 0 Å². The highest BCUT2D eigenvalue weighted by atomic mass is 16.6. The fraction of sp³-hybridized carbons (Fsp3) is 0.346. The van der Waals surface area contributed by atoms with Gasteiger partial charge in [0, 0.05) is 26.6 Å². The van der Waals surface area contributed by atoms with Crippen LogP contribution in [0.5, 0.6) is 0 Å². The van der Waals surface area contributed by atoms with Gasteiger partial charge in [-0.05, 0) is 42.7 Å². The molecule has 0 bridgehead atoms. The molecule has 4 heteroatoms. The van der Waals surface area contributed by atoms with Crippen molar-refractivity contribution in [1.82, 2.24) is 4.90 Å². The summed E-state index contributed by atoms with van der Waals surface area (Å²) in [5, 5.41) is 2.36. The van der Waals surface area contributed by atoms with Crippen LogP contribution in [0.4, 0.5) is 4.79 Å². The summed E-state index contributed by atoms with van der Waals surface area (Å²) in [6.07, 6.45) is -0.534. The smallest absolute Gasteiger partial charge is 0.410 e. The Kier molecular flexibility index (Phi) is 6.78. The largest absolute Gasteiger partial charge is 0.444 e. The highest BCUT2D eigenvalue weighted by Gasteiger charge is 2.29. The maximum atomic E-state index is 12.6. The lowest BCUT2D eigenvalue weighted by Gasteiger charge is -2.32. The Morgan fingerprint density at radius 2 is 1.53 bits per heavy atom. The van der Waals surface area contributed by atoms with E-state index < -0.39 is 5.60 Å². The summed E-state index contributed by atoms with van der Waals surface area (Å²) in [6, 6.07) is 24.9. The molecule has 0 N–H and O–H groups in total. The molecule has 2 atom stereocenters. The summed E-state index contributed by atoms with van der Waals surface area (Å²) in [5.41, 5.74) is 1.67. The Bertz CT molecular complexity index is 978. The molecular formula is C26H31NO3. The standard InChI is InChI=1S/C26H31NO3/c1-26(2,3)30-25(28)27(4)18-23(24(29-5)20-12-7-6-8-13-20)22-16-15-19-11-9-10-14-21(19)17-22/h6-17,23-24H,18H2,1-5H3/t23-,24-/m1/s1. The number of amides is 1. The summed E-state index contributed by atoms with van der Waals surface area (Å²) in [5.74, 6) is -0.0560. The first-order valence-corrected chi connectivity index (χ1v) is 10.3. The number of hydrogen-bond donors (Lipinski definition) is 0. The van der Waals surface area contributed by atoms with E-state index in [-0.39, 0.29) is 18.1 Å². The van der Waals surface area contributed by atoms with Gasteiger partial charge in [0.2, 0.25) is 0 Å². The van der Waals surface area contributed by atoms with Crippen LogP contribution in [0.25, 0.3) is 10.8 Å². The molecule has 1 amide bonds. The van der Waals surface area contributed by atoms with Gasteiger partial charge in [0.25, 0.3) is 0 Å². The summed E-state index contributed by atoms with van der Waals surface area (Å²) >= 11 is 0. The van der Waals surface area contributed by atoms with E-state index in [1.165, 1.54) is 10.8 Å². The van der Waals surface area contributed by atoms with E-state index in [9.17, 15) is 4.79 Å². The van der Waals surface area contributed by atoms with Gasteiger partial charge in [0.15, 0.2) is 0 Å². The summed E-state index contributed by atoms with van der Waals surface area (Å²) in [6.45, 7) is 6.10. The molecule has 0 aromatic heterocycles. The Balaban J connectivity index is 1.98. The fourth-order valence-corrected chi connectivity index (χ4v) is 3.70. The van der Waals surface area contributed by atoms with Crippen molar-refractivity contribution in [1.29, 1.82) is 0 Å². The van der Waals surface area contributed by atoms with Gasteiger partial charge < -0.3 is 14.4 Å². The number of hydrogen-bond acceptors (Lipinski definition) is 3. The monoisotopic (exact) mass is 405 g/mol. The third-order valence-corrected chi connectivity index (χ3v) is 5.12. The van der Waals surface area contributed by atoms with E-state index in [1.807, 2.05) is 51.1 Å². The molecule has 0 radical (unpaired) electrons. The first-order chi connectivity index (χ1) is 14.3. The topological polar surface area (TPSA) is 38.8 Å². The van der Waals surface area contributed by atoms with Crippen molar-refractivity contribution in [2.75, 3.05) is 20.7 Å². The lowest BCUT2D eigenvalue weighted by atomic mass is 9.87. The van der Waals surface area contributed by atoms with Gasteiger partial charge in [0.1, 0.15) is 5.60 Å². The zero-order valence-electron chi connectivity index (χ0n) is 18.5. The maximum absolute atomic E-state index is 12.6. The van der Waals surface area contributed by atoms with E-state index in [0.29, 0.717) is 6.54 Å². The number of benzene rings is 3. The summed E-state index contributed by atoms with van der Waals surface area (Å²) in [7, 11) is 3.50. The number of rotatable bonds is 6. The molecule has 3 aromatic rings. The second kappa shape index (κ2) is 9.31. The predicted molar refractivity (Wildman–Crippen MR) is 122 cm³/mol. The SMILES string of the molecule is CO[C@H](c1ccccc1)[C@H](CN(C)C(=O)OC(C)(C)C)c1ccc2ccccc2c1. The fourth-order valence-electron chi connectivity index (χ4n) is 3.70. The molecule has 0 aliphatic heterocycles. The zero-order valence-corrected chi connectivity index (χ0v) is 18.5. The van der Waals surface area contributed by atoms with Crippen LogP contribution in [0.15, 0.2) is 72.8 Å². The molecule has 0 spiro atoms. The van der Waals surface area contributed by atoms with Crippen LogP contribution >= 0.6 is 0 Å². The third-order valence-electron chi connectivity index (χ3n) is 5.12. The van der Waals surface area contributed by atoms with Crippen molar-refractivity contribution in [3.05, 3.63) is 83.9 Å². The van der Waals surface area contributed by atoms with Gasteiger partial charge in [-0.1, -0.05) is 72.8 Å². The lowest BCUT2D eigenvalue weighted by Crippen LogP contribution is -2.37. The zero-order chi connectivity index (χ0) is 21.7. The highest BCUT2D eigenvalue weighted by Crippen LogP contribution is 2.35. The molecule has 0 saturated carbocycles. The van der Waals surface area contributed by atoms with Crippen LogP contribution in [-0.2, 0) is 9.47 Å². The van der Waals surface area contributed by atoms with Crippen molar-refractivity contribution < 1.29 is 14.3 Å². The number of likely N-dealkylation sites (N-methyl/N-ethyl adjacent to an activating group) is 1. The van der Waals surface area contributed by atoms with Crippen LogP contribution in [0.1, 0.15) is 43.9 Å². The van der Waals surface area contributed by atoms with Gasteiger partial charge >= 0.3 is 6.09 Å². The van der Waals surface area contributed by atoms with Gasteiger partial charge in [0.05, 0.1) is 6.10 Å². The van der Waals surface area contributed by atoms with Crippen molar-refractivity contribution in [2.45, 2.75) is 38.4 Å². The van der Waals surface area contributed by atoms with Gasteiger partial charge in [-0.25, -0.2) is 4.79 Å². The van der Waals surface area contributed by atoms with Gasteiger partial charge in [-0.3, -0.25) is 0 Å². The molecular weight excluding hydrogens is 374 g/mol. The first-order valence-electron chi connectivity index (χ1n) is 10.3. The Morgan fingerprint density at radius 1 is 0.900 bits per heavy atom. The molecule has 0 saturated heterocycles. The average molecular weight is 406 g/mol. The van der Waals surface area contributed by atoms with Crippen LogP contribution in [0.3, 0.4) is 0 Å². The molecule has 0 aliphatic rings. The summed E-state index contributed by atoms with van der Waals surface area (Å²) < 4.78 is 11.5. The molecule has 0 unspecified atom stereocenters. The molecule has 158 valence electrons. The van der Waals surface area contributed by atoms with Crippen LogP contribution < -0.4 is 0 Å².